The lowest BCUT2D eigenvalue weighted by atomic mass is 9.82. The van der Waals surface area contributed by atoms with E-state index in [-0.39, 0.29) is 17.7 Å². The van der Waals surface area contributed by atoms with Crippen LogP contribution in [0.5, 0.6) is 0 Å². The van der Waals surface area contributed by atoms with Crippen LogP contribution < -0.4 is 5.32 Å². The normalized spacial score (nSPS) is 19.2. The number of nitrogens with one attached hydrogen (secondary N) is 1. The number of para-hydroxylation sites is 1. The topological polar surface area (TPSA) is 52.7 Å². The molecule has 0 saturated carbocycles. The van der Waals surface area contributed by atoms with Gasteiger partial charge in [-0.3, -0.25) is 14.5 Å². The van der Waals surface area contributed by atoms with Gasteiger partial charge < -0.3 is 10.2 Å². The van der Waals surface area contributed by atoms with E-state index in [9.17, 15) is 9.59 Å². The highest BCUT2D eigenvalue weighted by Crippen LogP contribution is 2.33. The van der Waals surface area contributed by atoms with Crippen molar-refractivity contribution >= 4 is 17.5 Å². The summed E-state index contributed by atoms with van der Waals surface area (Å²) in [6.45, 7) is 5.32. The van der Waals surface area contributed by atoms with Gasteiger partial charge in [-0.2, -0.15) is 0 Å². The van der Waals surface area contributed by atoms with E-state index in [1.165, 1.54) is 11.1 Å². The van der Waals surface area contributed by atoms with Crippen molar-refractivity contribution in [2.75, 3.05) is 38.0 Å². The molecular weight excluding hydrogens is 374 g/mol. The molecule has 2 amide bonds. The summed E-state index contributed by atoms with van der Waals surface area (Å²) in [5.74, 6) is 0.260. The predicted octanol–water partition coefficient (Wildman–Crippen LogP) is 3.45. The molecule has 1 heterocycles. The van der Waals surface area contributed by atoms with E-state index >= 15 is 0 Å². The van der Waals surface area contributed by atoms with Crippen LogP contribution in [-0.2, 0) is 22.4 Å². The van der Waals surface area contributed by atoms with Gasteiger partial charge in [-0.15, -0.1) is 0 Å². The summed E-state index contributed by atoms with van der Waals surface area (Å²) < 4.78 is 0. The molecule has 0 spiro atoms. The van der Waals surface area contributed by atoms with Crippen molar-refractivity contribution in [1.29, 1.82) is 0 Å². The Hall–Kier alpha value is -2.66. The zero-order valence-electron chi connectivity index (χ0n) is 17.8. The molecule has 1 N–H and O–H groups in total. The van der Waals surface area contributed by atoms with Crippen molar-refractivity contribution in [2.24, 2.45) is 0 Å². The lowest BCUT2D eigenvalue weighted by molar-refractivity contribution is -0.135. The van der Waals surface area contributed by atoms with Crippen LogP contribution in [0.2, 0.25) is 0 Å². The van der Waals surface area contributed by atoms with Crippen LogP contribution in [0.1, 0.15) is 42.4 Å². The monoisotopic (exact) mass is 405 g/mol. The molecule has 158 valence electrons. The Bertz CT molecular complexity index is 903. The average Bonchev–Trinajstić information content (AvgIpc) is 2.79. The van der Waals surface area contributed by atoms with Gasteiger partial charge in [0.15, 0.2) is 0 Å². The third kappa shape index (κ3) is 4.57. The summed E-state index contributed by atoms with van der Waals surface area (Å²) in [5, 5.41) is 3.04. The van der Waals surface area contributed by atoms with Gasteiger partial charge in [0.2, 0.25) is 11.8 Å². The number of aryl methyl sites for hydroxylation is 2. The number of piperazine rings is 1. The molecule has 1 aliphatic carbocycles. The van der Waals surface area contributed by atoms with E-state index in [1.807, 2.05) is 35.2 Å². The van der Waals surface area contributed by atoms with Gasteiger partial charge in [0, 0.05) is 31.9 Å². The highest BCUT2D eigenvalue weighted by Gasteiger charge is 2.31. The summed E-state index contributed by atoms with van der Waals surface area (Å²) in [4.78, 5) is 29.8. The quantitative estimate of drug-likeness (QED) is 0.829. The van der Waals surface area contributed by atoms with Gasteiger partial charge in [-0.1, -0.05) is 49.4 Å². The number of benzene rings is 2. The highest BCUT2D eigenvalue weighted by molar-refractivity contribution is 5.93. The van der Waals surface area contributed by atoms with Crippen molar-refractivity contribution in [2.45, 2.75) is 38.5 Å². The van der Waals surface area contributed by atoms with Crippen molar-refractivity contribution in [3.63, 3.8) is 0 Å². The maximum Gasteiger partial charge on any atom is 0.238 e. The van der Waals surface area contributed by atoms with Crippen molar-refractivity contribution in [3.8, 4) is 0 Å². The Morgan fingerprint density at radius 1 is 1.00 bits per heavy atom. The van der Waals surface area contributed by atoms with Gasteiger partial charge >= 0.3 is 0 Å². The minimum absolute atomic E-state index is 0.00431. The second-order valence-electron chi connectivity index (χ2n) is 8.30. The molecule has 0 aromatic heterocycles. The van der Waals surface area contributed by atoms with E-state index in [0.717, 1.165) is 50.0 Å². The van der Waals surface area contributed by atoms with Crippen LogP contribution in [0.4, 0.5) is 5.69 Å². The molecule has 5 nitrogen and oxygen atoms in total. The van der Waals surface area contributed by atoms with Gasteiger partial charge in [-0.25, -0.2) is 0 Å². The molecule has 2 aromatic rings. The first kappa shape index (κ1) is 20.6. The summed E-state index contributed by atoms with van der Waals surface area (Å²) in [6, 6.07) is 16.3. The molecule has 1 atom stereocenters. The fourth-order valence-corrected chi connectivity index (χ4v) is 4.70. The fourth-order valence-electron chi connectivity index (χ4n) is 4.70. The molecule has 2 aliphatic rings. The Morgan fingerprint density at radius 3 is 2.53 bits per heavy atom. The summed E-state index contributed by atoms with van der Waals surface area (Å²) in [7, 11) is 0. The number of amides is 2. The first-order valence-electron chi connectivity index (χ1n) is 11.1. The SMILES string of the molecule is CCc1ccccc1NC(=O)CN1CCN(C(=O)C2CCCc3ccccc32)CC1. The van der Waals surface area contributed by atoms with Crippen LogP contribution in [-0.4, -0.2) is 54.3 Å². The molecule has 1 unspecified atom stereocenters. The third-order valence-corrected chi connectivity index (χ3v) is 6.39. The Balaban J connectivity index is 1.30. The summed E-state index contributed by atoms with van der Waals surface area (Å²) >= 11 is 0. The third-order valence-electron chi connectivity index (χ3n) is 6.39. The maximum absolute atomic E-state index is 13.2. The van der Waals surface area contributed by atoms with E-state index in [0.29, 0.717) is 19.6 Å². The number of rotatable bonds is 5. The molecule has 2 aromatic carbocycles. The van der Waals surface area contributed by atoms with Crippen LogP contribution >= 0.6 is 0 Å². The average molecular weight is 406 g/mol. The minimum Gasteiger partial charge on any atom is -0.340 e. The molecule has 0 radical (unpaired) electrons. The number of carbonyl (C=O) groups is 2. The zero-order chi connectivity index (χ0) is 20.9. The number of carbonyl (C=O) groups excluding carboxylic acids is 2. The second kappa shape index (κ2) is 9.43. The van der Waals surface area contributed by atoms with Crippen molar-refractivity contribution < 1.29 is 9.59 Å². The summed E-state index contributed by atoms with van der Waals surface area (Å²) in [6.07, 6.45) is 3.98. The zero-order valence-corrected chi connectivity index (χ0v) is 17.8. The maximum atomic E-state index is 13.2. The second-order valence-corrected chi connectivity index (χ2v) is 8.30. The number of hydrogen-bond donors (Lipinski definition) is 1. The lowest BCUT2D eigenvalue weighted by Gasteiger charge is -2.37. The van der Waals surface area contributed by atoms with Gasteiger partial charge in [-0.05, 0) is 48.4 Å². The van der Waals surface area contributed by atoms with Gasteiger partial charge in [0.1, 0.15) is 0 Å². The van der Waals surface area contributed by atoms with Crippen LogP contribution in [0.25, 0.3) is 0 Å². The number of hydrogen-bond acceptors (Lipinski definition) is 3. The lowest BCUT2D eigenvalue weighted by Crippen LogP contribution is -2.51. The van der Waals surface area contributed by atoms with Crippen LogP contribution in [0.15, 0.2) is 48.5 Å². The predicted molar refractivity (Wildman–Crippen MR) is 120 cm³/mol. The van der Waals surface area contributed by atoms with E-state index in [4.69, 9.17) is 0 Å². The van der Waals surface area contributed by atoms with E-state index < -0.39 is 0 Å². The fraction of sp³-hybridized carbons (Fsp3) is 0.440. The molecule has 1 aliphatic heterocycles. The molecule has 1 fully saturated rings. The van der Waals surface area contributed by atoms with Gasteiger partial charge in [0.05, 0.1) is 12.5 Å². The molecule has 4 rings (SSSR count). The standard InChI is InChI=1S/C25H31N3O2/c1-2-19-8-4-6-13-23(19)26-24(29)18-27-14-16-28(17-15-27)25(30)22-12-7-10-20-9-3-5-11-21(20)22/h3-6,8-9,11,13,22H,2,7,10,12,14-18H2,1H3,(H,26,29). The molecule has 1 saturated heterocycles. The molecule has 5 heteroatoms. The Morgan fingerprint density at radius 2 is 1.73 bits per heavy atom. The highest BCUT2D eigenvalue weighted by atomic mass is 16.2. The minimum atomic E-state index is -0.00431. The molecular formula is C25H31N3O2. The molecule has 30 heavy (non-hydrogen) atoms. The van der Waals surface area contributed by atoms with Crippen molar-refractivity contribution in [3.05, 3.63) is 65.2 Å². The van der Waals surface area contributed by atoms with Crippen LogP contribution in [0.3, 0.4) is 0 Å². The largest absolute Gasteiger partial charge is 0.340 e. The Labute approximate surface area is 179 Å². The number of fused-ring (bicyclic) bond motifs is 1. The first-order valence-corrected chi connectivity index (χ1v) is 11.1. The molecule has 0 bridgehead atoms. The van der Waals surface area contributed by atoms with Crippen molar-refractivity contribution in [1.82, 2.24) is 9.80 Å². The van der Waals surface area contributed by atoms with Gasteiger partial charge in [0.25, 0.3) is 0 Å². The van der Waals surface area contributed by atoms with Crippen LogP contribution in [0, 0.1) is 0 Å². The van der Waals surface area contributed by atoms with E-state index in [1.54, 1.807) is 0 Å². The first-order chi connectivity index (χ1) is 14.7. The Kier molecular flexibility index (Phi) is 6.48. The number of nitrogens with zero attached hydrogens (tertiary/aromatic N) is 2. The number of anilines is 1. The summed E-state index contributed by atoms with van der Waals surface area (Å²) in [5.41, 5.74) is 4.58. The smallest absolute Gasteiger partial charge is 0.238 e. The van der Waals surface area contributed by atoms with E-state index in [2.05, 4.69) is 35.3 Å².